The van der Waals surface area contributed by atoms with Crippen molar-refractivity contribution in [2.75, 3.05) is 33.9 Å². The van der Waals surface area contributed by atoms with E-state index in [1.54, 1.807) is 23.1 Å². The predicted molar refractivity (Wildman–Crippen MR) is 95.7 cm³/mol. The van der Waals surface area contributed by atoms with Gasteiger partial charge in [-0.15, -0.1) is 0 Å². The van der Waals surface area contributed by atoms with Crippen molar-refractivity contribution in [1.82, 2.24) is 9.80 Å². The van der Waals surface area contributed by atoms with Crippen LogP contribution in [-0.2, 0) is 19.0 Å². The van der Waals surface area contributed by atoms with E-state index in [0.29, 0.717) is 37.1 Å². The van der Waals surface area contributed by atoms with Crippen LogP contribution in [-0.4, -0.2) is 79.7 Å². The number of carbonyl (C=O) groups excluding carboxylic acids is 4. The number of piperidine rings is 1. The van der Waals surface area contributed by atoms with Gasteiger partial charge in [0.25, 0.3) is 5.91 Å². The van der Waals surface area contributed by atoms with Crippen LogP contribution in [0.4, 0.5) is 4.79 Å². The van der Waals surface area contributed by atoms with Crippen molar-refractivity contribution in [3.8, 4) is 0 Å². The third-order valence-corrected chi connectivity index (χ3v) is 5.06. The Labute approximate surface area is 162 Å². The number of nitrogens with zero attached hydrogens (tertiary/aromatic N) is 2. The number of hydrogen-bond donors (Lipinski definition) is 0. The number of ether oxygens (including phenoxy) is 3. The molecule has 0 unspecified atom stereocenters. The molecule has 2 heterocycles. The highest BCUT2D eigenvalue weighted by atomic mass is 16.6. The zero-order valence-electron chi connectivity index (χ0n) is 15.8. The first-order valence-electron chi connectivity index (χ1n) is 8.96. The first-order chi connectivity index (χ1) is 13.5. The molecule has 0 aromatic heterocycles. The highest BCUT2D eigenvalue weighted by Gasteiger charge is 2.44. The van der Waals surface area contributed by atoms with Crippen LogP contribution in [0.5, 0.6) is 0 Å². The second-order valence-corrected chi connectivity index (χ2v) is 6.62. The summed E-state index contributed by atoms with van der Waals surface area (Å²) in [5.41, 5.74) is 0.707. The molecule has 0 saturated carbocycles. The first-order valence-corrected chi connectivity index (χ1v) is 8.96. The molecule has 3 rings (SSSR count). The van der Waals surface area contributed by atoms with E-state index in [1.165, 1.54) is 25.2 Å². The Morgan fingerprint density at radius 3 is 2.39 bits per heavy atom. The van der Waals surface area contributed by atoms with Crippen LogP contribution in [0.2, 0.25) is 0 Å². The topological polar surface area (TPSA) is 102 Å². The molecule has 0 spiro atoms. The van der Waals surface area contributed by atoms with E-state index in [1.807, 2.05) is 0 Å². The van der Waals surface area contributed by atoms with E-state index in [4.69, 9.17) is 9.47 Å². The average molecular weight is 390 g/mol. The summed E-state index contributed by atoms with van der Waals surface area (Å²) in [7, 11) is 2.56. The van der Waals surface area contributed by atoms with Gasteiger partial charge < -0.3 is 19.1 Å². The van der Waals surface area contributed by atoms with E-state index < -0.39 is 24.1 Å². The van der Waals surface area contributed by atoms with Gasteiger partial charge in [-0.3, -0.25) is 9.69 Å². The van der Waals surface area contributed by atoms with Gasteiger partial charge in [0.1, 0.15) is 6.61 Å². The molecule has 2 aliphatic heterocycles. The molecule has 28 heavy (non-hydrogen) atoms. The smallest absolute Gasteiger partial charge is 0.410 e. The van der Waals surface area contributed by atoms with E-state index in [2.05, 4.69) is 4.74 Å². The van der Waals surface area contributed by atoms with Crippen molar-refractivity contribution >= 4 is 23.9 Å². The minimum absolute atomic E-state index is 0.0228. The standard InChI is InChI=1S/C19H22N2O7/c1-26-17(23)13-5-3-4-12(10-13)16(22)20-8-6-14(7-9-20)21-15(18(24)27-2)11-28-19(21)25/h3-5,10,14-15H,6-9,11H2,1-2H3/t15-/m1/s1. The van der Waals surface area contributed by atoms with Gasteiger partial charge in [-0.1, -0.05) is 6.07 Å². The van der Waals surface area contributed by atoms with Crippen molar-refractivity contribution in [2.24, 2.45) is 0 Å². The number of rotatable bonds is 4. The molecule has 9 nitrogen and oxygen atoms in total. The van der Waals surface area contributed by atoms with Crippen LogP contribution in [0.15, 0.2) is 24.3 Å². The molecule has 0 radical (unpaired) electrons. The monoisotopic (exact) mass is 390 g/mol. The molecule has 0 bridgehead atoms. The Morgan fingerprint density at radius 1 is 1.07 bits per heavy atom. The number of likely N-dealkylation sites (tertiary alicyclic amines) is 1. The number of cyclic esters (lactones) is 1. The highest BCUT2D eigenvalue weighted by Crippen LogP contribution is 2.25. The van der Waals surface area contributed by atoms with Gasteiger partial charge in [-0.25, -0.2) is 14.4 Å². The van der Waals surface area contributed by atoms with E-state index in [0.717, 1.165) is 0 Å². The fourth-order valence-electron chi connectivity index (χ4n) is 3.58. The van der Waals surface area contributed by atoms with Crippen LogP contribution in [0.3, 0.4) is 0 Å². The lowest BCUT2D eigenvalue weighted by Crippen LogP contribution is -2.52. The number of amides is 2. The third kappa shape index (κ3) is 3.78. The second kappa shape index (κ2) is 8.28. The van der Waals surface area contributed by atoms with Crippen molar-refractivity contribution in [3.63, 3.8) is 0 Å². The summed E-state index contributed by atoms with van der Waals surface area (Å²) in [5.74, 6) is -1.21. The second-order valence-electron chi connectivity index (χ2n) is 6.62. The maximum Gasteiger partial charge on any atom is 0.410 e. The van der Waals surface area contributed by atoms with Gasteiger partial charge in [-0.2, -0.15) is 0 Å². The van der Waals surface area contributed by atoms with Gasteiger partial charge in [0.15, 0.2) is 6.04 Å². The van der Waals surface area contributed by atoms with E-state index >= 15 is 0 Å². The van der Waals surface area contributed by atoms with Gasteiger partial charge >= 0.3 is 18.0 Å². The van der Waals surface area contributed by atoms with Crippen molar-refractivity contribution in [3.05, 3.63) is 35.4 Å². The third-order valence-electron chi connectivity index (χ3n) is 5.06. The summed E-state index contributed by atoms with van der Waals surface area (Å²) < 4.78 is 14.4. The minimum Gasteiger partial charge on any atom is -0.467 e. The molecular formula is C19H22N2O7. The summed E-state index contributed by atoms with van der Waals surface area (Å²) in [4.78, 5) is 51.4. The molecule has 2 saturated heterocycles. The molecule has 150 valence electrons. The molecule has 2 amide bonds. The van der Waals surface area contributed by atoms with Crippen LogP contribution in [0, 0.1) is 0 Å². The average Bonchev–Trinajstić information content (AvgIpc) is 3.13. The minimum atomic E-state index is -0.749. The molecule has 9 heteroatoms. The number of esters is 2. The zero-order valence-corrected chi connectivity index (χ0v) is 15.8. The Balaban J connectivity index is 1.65. The SMILES string of the molecule is COC(=O)c1cccc(C(=O)N2CCC(N3C(=O)OC[C@@H]3C(=O)OC)CC2)c1. The molecule has 2 aliphatic rings. The van der Waals surface area contributed by atoms with E-state index in [-0.39, 0.29) is 18.6 Å². The Bertz CT molecular complexity index is 786. The Morgan fingerprint density at radius 2 is 1.75 bits per heavy atom. The van der Waals surface area contributed by atoms with Gasteiger partial charge in [0.05, 0.1) is 19.8 Å². The fourth-order valence-corrected chi connectivity index (χ4v) is 3.58. The Kier molecular flexibility index (Phi) is 5.81. The number of methoxy groups -OCH3 is 2. The molecule has 0 aliphatic carbocycles. The summed E-state index contributed by atoms with van der Waals surface area (Å²) in [5, 5.41) is 0. The lowest BCUT2D eigenvalue weighted by Gasteiger charge is -2.37. The molecule has 0 N–H and O–H groups in total. The molecule has 2 fully saturated rings. The maximum atomic E-state index is 12.8. The number of carbonyl (C=O) groups is 4. The largest absolute Gasteiger partial charge is 0.467 e. The van der Waals surface area contributed by atoms with Crippen LogP contribution < -0.4 is 0 Å². The summed E-state index contributed by atoms with van der Waals surface area (Å²) >= 11 is 0. The number of hydrogen-bond acceptors (Lipinski definition) is 7. The lowest BCUT2D eigenvalue weighted by atomic mass is 10.0. The van der Waals surface area contributed by atoms with Crippen molar-refractivity contribution < 1.29 is 33.4 Å². The molecule has 1 aromatic rings. The van der Waals surface area contributed by atoms with Crippen LogP contribution in [0.1, 0.15) is 33.6 Å². The summed E-state index contributed by atoms with van der Waals surface area (Å²) in [6, 6.07) is 5.41. The van der Waals surface area contributed by atoms with Crippen molar-refractivity contribution in [1.29, 1.82) is 0 Å². The normalized spacial score (nSPS) is 19.9. The molecule has 1 aromatic carbocycles. The van der Waals surface area contributed by atoms with E-state index in [9.17, 15) is 19.2 Å². The lowest BCUT2D eigenvalue weighted by molar-refractivity contribution is -0.145. The maximum absolute atomic E-state index is 12.8. The van der Waals surface area contributed by atoms with Gasteiger partial charge in [0.2, 0.25) is 0 Å². The predicted octanol–water partition coefficient (Wildman–Crippen LogP) is 1.07. The first kappa shape index (κ1) is 19.7. The number of benzene rings is 1. The summed E-state index contributed by atoms with van der Waals surface area (Å²) in [6.45, 7) is 0.818. The quantitative estimate of drug-likeness (QED) is 0.560. The van der Waals surface area contributed by atoms with Crippen LogP contribution >= 0.6 is 0 Å². The van der Waals surface area contributed by atoms with Gasteiger partial charge in [0, 0.05) is 24.7 Å². The highest BCUT2D eigenvalue weighted by molar-refractivity contribution is 5.98. The van der Waals surface area contributed by atoms with Gasteiger partial charge in [-0.05, 0) is 31.0 Å². The zero-order chi connectivity index (χ0) is 20.3. The molecule has 1 atom stereocenters. The van der Waals surface area contributed by atoms with Crippen LogP contribution in [0.25, 0.3) is 0 Å². The summed E-state index contributed by atoms with van der Waals surface area (Å²) in [6.07, 6.45) is 0.502. The van der Waals surface area contributed by atoms with Crippen molar-refractivity contribution in [2.45, 2.75) is 24.9 Å². The Hall–Kier alpha value is -3.10. The fraction of sp³-hybridized carbons (Fsp3) is 0.474. The molecular weight excluding hydrogens is 368 g/mol.